The lowest BCUT2D eigenvalue weighted by atomic mass is 10.1. The highest BCUT2D eigenvalue weighted by atomic mass is 32.1. The van der Waals surface area contributed by atoms with Crippen LogP contribution in [-0.4, -0.2) is 17.0 Å². The highest BCUT2D eigenvalue weighted by Gasteiger charge is 2.18. The molecule has 6 heteroatoms. The fraction of sp³-hybridized carbons (Fsp3) is 0.250. The number of carbonyl (C=O) groups is 2. The van der Waals surface area contributed by atoms with Gasteiger partial charge in [-0.3, -0.25) is 4.79 Å². The van der Waals surface area contributed by atoms with E-state index in [2.05, 4.69) is 5.32 Å². The second kappa shape index (κ2) is 6.27. The molecule has 116 valence electrons. The molecule has 0 aliphatic heterocycles. The van der Waals surface area contributed by atoms with Gasteiger partial charge in [-0.15, -0.1) is 11.3 Å². The summed E-state index contributed by atoms with van der Waals surface area (Å²) < 4.78 is 13.9. The van der Waals surface area contributed by atoms with Crippen LogP contribution in [0.2, 0.25) is 0 Å². The normalized spacial score (nSPS) is 12.0. The van der Waals surface area contributed by atoms with E-state index in [0.29, 0.717) is 0 Å². The van der Waals surface area contributed by atoms with Crippen LogP contribution in [0.4, 0.5) is 4.39 Å². The van der Waals surface area contributed by atoms with Gasteiger partial charge in [0.25, 0.3) is 5.91 Å². The second-order valence-electron chi connectivity index (χ2n) is 5.06. The summed E-state index contributed by atoms with van der Waals surface area (Å²) in [5, 5.41) is 11.5. The van der Waals surface area contributed by atoms with E-state index in [0.717, 1.165) is 21.4 Å². The molecule has 1 aromatic carbocycles. The molecule has 4 nitrogen and oxygen atoms in total. The Labute approximate surface area is 131 Å². The van der Waals surface area contributed by atoms with Crippen LogP contribution in [0.15, 0.2) is 24.3 Å². The summed E-state index contributed by atoms with van der Waals surface area (Å²) in [6.45, 7) is 5.79. The van der Waals surface area contributed by atoms with Crippen molar-refractivity contribution in [3.8, 4) is 0 Å². The molecule has 0 aliphatic carbocycles. The summed E-state index contributed by atoms with van der Waals surface area (Å²) in [6, 6.07) is 4.99. The van der Waals surface area contributed by atoms with Crippen molar-refractivity contribution in [2.75, 3.05) is 0 Å². The van der Waals surface area contributed by atoms with E-state index in [4.69, 9.17) is 5.11 Å². The Balaban J connectivity index is 2.19. The molecule has 1 unspecified atom stereocenters. The number of rotatable bonds is 4. The largest absolute Gasteiger partial charge is 0.478 e. The van der Waals surface area contributed by atoms with E-state index in [-0.39, 0.29) is 17.2 Å². The quantitative estimate of drug-likeness (QED) is 0.902. The minimum atomic E-state index is -1.23. The zero-order valence-electron chi connectivity index (χ0n) is 12.4. The molecule has 1 aromatic heterocycles. The van der Waals surface area contributed by atoms with E-state index >= 15 is 0 Å². The van der Waals surface area contributed by atoms with Crippen molar-refractivity contribution in [1.82, 2.24) is 5.32 Å². The number of hydrogen-bond acceptors (Lipinski definition) is 3. The number of halogens is 1. The van der Waals surface area contributed by atoms with Gasteiger partial charge < -0.3 is 10.4 Å². The number of thiophene rings is 1. The van der Waals surface area contributed by atoms with E-state index in [1.807, 2.05) is 26.8 Å². The Morgan fingerprint density at radius 3 is 2.45 bits per heavy atom. The smallest absolute Gasteiger partial charge is 0.335 e. The summed E-state index contributed by atoms with van der Waals surface area (Å²) in [6.07, 6.45) is 0. The van der Waals surface area contributed by atoms with Crippen LogP contribution in [0, 0.1) is 19.7 Å². The van der Waals surface area contributed by atoms with Crippen LogP contribution >= 0.6 is 11.3 Å². The average Bonchev–Trinajstić information content (AvgIpc) is 2.77. The van der Waals surface area contributed by atoms with Gasteiger partial charge in [-0.1, -0.05) is 0 Å². The number of carboxylic acid groups (broad SMARTS) is 1. The molecule has 2 aromatic rings. The summed E-state index contributed by atoms with van der Waals surface area (Å²) in [4.78, 5) is 25.2. The third-order valence-electron chi connectivity index (χ3n) is 3.35. The molecular weight excluding hydrogens is 305 g/mol. The molecular formula is C16H16FNO3S. The van der Waals surface area contributed by atoms with Gasteiger partial charge >= 0.3 is 5.97 Å². The van der Waals surface area contributed by atoms with Crippen LogP contribution in [0.25, 0.3) is 0 Å². The molecule has 1 atom stereocenters. The van der Waals surface area contributed by atoms with Gasteiger partial charge in [0.05, 0.1) is 17.2 Å². The van der Waals surface area contributed by atoms with Crippen molar-refractivity contribution in [1.29, 1.82) is 0 Å². The number of aryl methyl sites for hydroxylation is 2. The number of benzene rings is 1. The Kier molecular flexibility index (Phi) is 4.61. The zero-order chi connectivity index (χ0) is 16.4. The van der Waals surface area contributed by atoms with Crippen molar-refractivity contribution < 1.29 is 19.1 Å². The van der Waals surface area contributed by atoms with E-state index in [9.17, 15) is 14.0 Å². The first kappa shape index (κ1) is 16.2. The topological polar surface area (TPSA) is 66.4 Å². The first-order valence-corrected chi connectivity index (χ1v) is 7.52. The predicted molar refractivity (Wildman–Crippen MR) is 83.0 cm³/mol. The minimum Gasteiger partial charge on any atom is -0.478 e. The molecule has 0 radical (unpaired) electrons. The minimum absolute atomic E-state index is 0.165. The van der Waals surface area contributed by atoms with Gasteiger partial charge in [0.2, 0.25) is 0 Å². The fourth-order valence-corrected chi connectivity index (χ4v) is 3.29. The van der Waals surface area contributed by atoms with Gasteiger partial charge in [0, 0.05) is 9.75 Å². The SMILES string of the molecule is Cc1cc(C(C)NC(=O)c2ccc(C(=O)O)cc2F)c(C)s1. The number of amides is 1. The van der Waals surface area contributed by atoms with E-state index in [1.54, 1.807) is 11.3 Å². The van der Waals surface area contributed by atoms with Gasteiger partial charge in [-0.05, 0) is 50.6 Å². The maximum Gasteiger partial charge on any atom is 0.335 e. The molecule has 0 saturated carbocycles. The van der Waals surface area contributed by atoms with Crippen molar-refractivity contribution in [2.45, 2.75) is 26.8 Å². The van der Waals surface area contributed by atoms with Crippen molar-refractivity contribution in [3.05, 3.63) is 56.5 Å². The number of hydrogen-bond donors (Lipinski definition) is 2. The molecule has 0 aliphatic rings. The number of aromatic carboxylic acids is 1. The standard InChI is InChI=1S/C16H16FNO3S/c1-8-6-13(10(3)22-8)9(2)18-15(19)12-5-4-11(16(20)21)7-14(12)17/h4-7,9H,1-3H3,(H,18,19)(H,20,21). The van der Waals surface area contributed by atoms with Gasteiger partial charge in [0.15, 0.2) is 0 Å². The van der Waals surface area contributed by atoms with Crippen molar-refractivity contribution >= 4 is 23.2 Å². The Morgan fingerprint density at radius 2 is 1.95 bits per heavy atom. The van der Waals surface area contributed by atoms with Gasteiger partial charge in [-0.2, -0.15) is 0 Å². The van der Waals surface area contributed by atoms with E-state index < -0.39 is 17.7 Å². The van der Waals surface area contributed by atoms with Crippen LogP contribution in [0.1, 0.15) is 49.0 Å². The van der Waals surface area contributed by atoms with E-state index in [1.165, 1.54) is 12.1 Å². The maximum atomic E-state index is 13.9. The Hall–Kier alpha value is -2.21. The molecule has 2 N–H and O–H groups in total. The lowest BCUT2D eigenvalue weighted by Gasteiger charge is -2.14. The summed E-state index contributed by atoms with van der Waals surface area (Å²) in [5.41, 5.74) is 0.645. The summed E-state index contributed by atoms with van der Waals surface area (Å²) in [7, 11) is 0. The molecule has 0 spiro atoms. The fourth-order valence-electron chi connectivity index (χ4n) is 2.26. The Morgan fingerprint density at radius 1 is 1.27 bits per heavy atom. The molecule has 1 amide bonds. The van der Waals surface area contributed by atoms with Gasteiger partial charge in [-0.25, -0.2) is 9.18 Å². The zero-order valence-corrected chi connectivity index (χ0v) is 13.3. The maximum absolute atomic E-state index is 13.9. The number of carbonyl (C=O) groups excluding carboxylic acids is 1. The molecule has 0 bridgehead atoms. The first-order valence-electron chi connectivity index (χ1n) is 6.70. The lowest BCUT2D eigenvalue weighted by Crippen LogP contribution is -2.27. The van der Waals surface area contributed by atoms with Crippen LogP contribution in [-0.2, 0) is 0 Å². The molecule has 2 rings (SSSR count). The van der Waals surface area contributed by atoms with Crippen LogP contribution in [0.5, 0.6) is 0 Å². The molecule has 22 heavy (non-hydrogen) atoms. The first-order chi connectivity index (χ1) is 10.3. The monoisotopic (exact) mass is 321 g/mol. The number of carboxylic acids is 1. The second-order valence-corrected chi connectivity index (χ2v) is 6.52. The highest BCUT2D eigenvalue weighted by Crippen LogP contribution is 2.26. The lowest BCUT2D eigenvalue weighted by molar-refractivity contribution is 0.0695. The van der Waals surface area contributed by atoms with Crippen molar-refractivity contribution in [3.63, 3.8) is 0 Å². The van der Waals surface area contributed by atoms with Crippen LogP contribution in [0.3, 0.4) is 0 Å². The molecule has 0 saturated heterocycles. The van der Waals surface area contributed by atoms with Gasteiger partial charge in [0.1, 0.15) is 5.82 Å². The summed E-state index contributed by atoms with van der Waals surface area (Å²) >= 11 is 1.64. The predicted octanol–water partition coefficient (Wildman–Crippen LogP) is 3.69. The summed E-state index contributed by atoms with van der Waals surface area (Å²) in [5.74, 6) is -2.64. The molecule has 0 fully saturated rings. The van der Waals surface area contributed by atoms with Crippen LogP contribution < -0.4 is 5.32 Å². The third kappa shape index (κ3) is 3.33. The Bertz CT molecular complexity index is 739. The molecule has 1 heterocycles. The highest BCUT2D eigenvalue weighted by molar-refractivity contribution is 7.12. The number of nitrogens with one attached hydrogen (secondary N) is 1. The third-order valence-corrected chi connectivity index (χ3v) is 4.34. The average molecular weight is 321 g/mol. The van der Waals surface area contributed by atoms with Crippen molar-refractivity contribution in [2.24, 2.45) is 0 Å².